The molecule has 1 atom stereocenters. The highest BCUT2D eigenvalue weighted by atomic mass is 32.2. The lowest BCUT2D eigenvalue weighted by atomic mass is 10.2. The first-order valence-corrected chi connectivity index (χ1v) is 9.37. The molecular weight excluding hydrogens is 346 g/mol. The van der Waals surface area contributed by atoms with Crippen LogP contribution in [0.5, 0.6) is 5.75 Å². The van der Waals surface area contributed by atoms with Gasteiger partial charge in [0.05, 0.1) is 18.6 Å². The summed E-state index contributed by atoms with van der Waals surface area (Å²) in [5.41, 5.74) is 0.542. The summed E-state index contributed by atoms with van der Waals surface area (Å²) in [6, 6.07) is 11.1. The number of carbonyl (C=O) groups is 2. The maximum absolute atomic E-state index is 12.1. The molecule has 128 valence electrons. The molecule has 0 spiro atoms. The van der Waals surface area contributed by atoms with Gasteiger partial charge in [-0.25, -0.2) is 0 Å². The molecule has 0 fully saturated rings. The summed E-state index contributed by atoms with van der Waals surface area (Å²) < 4.78 is 10.3. The first-order valence-electron chi connectivity index (χ1n) is 7.33. The molecule has 0 aliphatic carbocycles. The Bertz CT molecular complexity index is 673. The second kappa shape index (κ2) is 9.34. The highest BCUT2D eigenvalue weighted by Crippen LogP contribution is 2.23. The van der Waals surface area contributed by atoms with Crippen LogP contribution >= 0.6 is 23.1 Å². The number of para-hydroxylation sites is 2. The van der Waals surface area contributed by atoms with Crippen LogP contribution in [0.4, 0.5) is 5.69 Å². The minimum Gasteiger partial charge on any atom is -0.495 e. The van der Waals surface area contributed by atoms with E-state index in [9.17, 15) is 9.59 Å². The summed E-state index contributed by atoms with van der Waals surface area (Å²) >= 11 is 3.12. The summed E-state index contributed by atoms with van der Waals surface area (Å²) in [5, 5.41) is 4.70. The highest BCUT2D eigenvalue weighted by molar-refractivity contribution is 7.99. The topological polar surface area (TPSA) is 64.6 Å². The predicted octanol–water partition coefficient (Wildman–Crippen LogP) is 3.56. The van der Waals surface area contributed by atoms with Crippen molar-refractivity contribution in [3.8, 4) is 5.75 Å². The van der Waals surface area contributed by atoms with Gasteiger partial charge < -0.3 is 14.8 Å². The number of amides is 1. The van der Waals surface area contributed by atoms with Crippen molar-refractivity contribution in [2.24, 2.45) is 0 Å². The van der Waals surface area contributed by atoms with Crippen LogP contribution in [0.15, 0.2) is 41.8 Å². The summed E-state index contributed by atoms with van der Waals surface area (Å²) in [6.07, 6.45) is -0.871. The third kappa shape index (κ3) is 5.58. The number of ether oxygens (including phenoxy) is 2. The van der Waals surface area contributed by atoms with E-state index in [1.807, 2.05) is 23.6 Å². The van der Waals surface area contributed by atoms with E-state index in [2.05, 4.69) is 5.32 Å². The number of rotatable bonds is 8. The number of thioether (sulfide) groups is 1. The van der Waals surface area contributed by atoms with Crippen LogP contribution < -0.4 is 10.1 Å². The molecule has 1 amide bonds. The second-order valence-corrected chi connectivity index (χ2v) is 6.91. The summed E-state index contributed by atoms with van der Waals surface area (Å²) in [7, 11) is 1.53. The van der Waals surface area contributed by atoms with Crippen molar-refractivity contribution in [2.75, 3.05) is 18.2 Å². The number of anilines is 1. The van der Waals surface area contributed by atoms with Crippen molar-refractivity contribution in [3.05, 3.63) is 46.7 Å². The smallest absolute Gasteiger partial charge is 0.316 e. The van der Waals surface area contributed by atoms with E-state index in [0.29, 0.717) is 11.4 Å². The van der Waals surface area contributed by atoms with E-state index in [4.69, 9.17) is 9.47 Å². The Morgan fingerprint density at radius 3 is 2.75 bits per heavy atom. The van der Waals surface area contributed by atoms with E-state index < -0.39 is 18.0 Å². The fraction of sp³-hybridized carbons (Fsp3) is 0.294. The maximum Gasteiger partial charge on any atom is 0.316 e. The molecule has 7 heteroatoms. The lowest BCUT2D eigenvalue weighted by molar-refractivity contribution is -0.150. The second-order valence-electron chi connectivity index (χ2n) is 4.89. The molecule has 0 bridgehead atoms. The van der Waals surface area contributed by atoms with E-state index >= 15 is 0 Å². The molecule has 5 nitrogen and oxygen atoms in total. The normalized spacial score (nSPS) is 11.6. The number of nitrogens with one attached hydrogen (secondary N) is 1. The summed E-state index contributed by atoms with van der Waals surface area (Å²) in [6.45, 7) is 1.55. The van der Waals surface area contributed by atoms with Gasteiger partial charge in [0.2, 0.25) is 0 Å². The van der Waals surface area contributed by atoms with Crippen molar-refractivity contribution in [3.63, 3.8) is 0 Å². The first-order chi connectivity index (χ1) is 11.6. The van der Waals surface area contributed by atoms with Gasteiger partial charge in [-0.1, -0.05) is 18.2 Å². The number of carbonyl (C=O) groups excluding carboxylic acids is 2. The SMILES string of the molecule is COc1ccccc1NC(=O)[C@H](C)OC(=O)CSCc1cccs1. The van der Waals surface area contributed by atoms with Gasteiger partial charge in [0.25, 0.3) is 5.91 Å². The monoisotopic (exact) mass is 365 g/mol. The van der Waals surface area contributed by atoms with Crippen molar-refractivity contribution in [2.45, 2.75) is 18.8 Å². The van der Waals surface area contributed by atoms with Gasteiger partial charge in [-0.3, -0.25) is 9.59 Å². The van der Waals surface area contributed by atoms with Gasteiger partial charge in [0, 0.05) is 10.6 Å². The van der Waals surface area contributed by atoms with Crippen molar-refractivity contribution >= 4 is 40.7 Å². The number of hydrogen-bond acceptors (Lipinski definition) is 6. The maximum atomic E-state index is 12.1. The Morgan fingerprint density at radius 1 is 1.25 bits per heavy atom. The predicted molar refractivity (Wildman–Crippen MR) is 97.7 cm³/mol. The highest BCUT2D eigenvalue weighted by Gasteiger charge is 2.19. The average Bonchev–Trinajstić information content (AvgIpc) is 3.08. The molecule has 0 aliphatic heterocycles. The van der Waals surface area contributed by atoms with Crippen LogP contribution in [0.1, 0.15) is 11.8 Å². The van der Waals surface area contributed by atoms with Crippen LogP contribution in [0.2, 0.25) is 0 Å². The average molecular weight is 365 g/mol. The molecule has 24 heavy (non-hydrogen) atoms. The minimum absolute atomic E-state index is 0.212. The van der Waals surface area contributed by atoms with Gasteiger partial charge in [-0.05, 0) is 30.5 Å². The third-order valence-electron chi connectivity index (χ3n) is 3.09. The molecule has 0 saturated heterocycles. The van der Waals surface area contributed by atoms with E-state index in [0.717, 1.165) is 5.75 Å². The molecule has 1 heterocycles. The van der Waals surface area contributed by atoms with Gasteiger partial charge in [0.1, 0.15) is 5.75 Å². The third-order valence-corrected chi connectivity index (χ3v) is 5.10. The molecular formula is C17H19NO4S2. The summed E-state index contributed by atoms with van der Waals surface area (Å²) in [5.74, 6) is 0.727. The molecule has 2 aromatic rings. The lowest BCUT2D eigenvalue weighted by Gasteiger charge is -2.15. The molecule has 1 aromatic carbocycles. The minimum atomic E-state index is -0.871. The van der Waals surface area contributed by atoms with E-state index in [-0.39, 0.29) is 5.75 Å². The Kier molecular flexibility index (Phi) is 7.14. The summed E-state index contributed by atoms with van der Waals surface area (Å²) in [4.78, 5) is 25.1. The van der Waals surface area contributed by atoms with Crippen LogP contribution in [0.25, 0.3) is 0 Å². The Labute approximate surface area is 149 Å². The number of thiophene rings is 1. The van der Waals surface area contributed by atoms with Gasteiger partial charge in [0.15, 0.2) is 6.10 Å². The molecule has 0 aliphatic rings. The van der Waals surface area contributed by atoms with Crippen LogP contribution in [-0.2, 0) is 20.1 Å². The number of methoxy groups -OCH3 is 1. The molecule has 0 unspecified atom stereocenters. The number of esters is 1. The Morgan fingerprint density at radius 2 is 2.04 bits per heavy atom. The molecule has 0 radical (unpaired) electrons. The largest absolute Gasteiger partial charge is 0.495 e. The van der Waals surface area contributed by atoms with Crippen molar-refractivity contribution in [1.82, 2.24) is 0 Å². The van der Waals surface area contributed by atoms with Gasteiger partial charge >= 0.3 is 5.97 Å². The molecule has 2 rings (SSSR count). The number of hydrogen-bond donors (Lipinski definition) is 1. The van der Waals surface area contributed by atoms with Gasteiger partial charge in [-0.2, -0.15) is 0 Å². The first kappa shape index (κ1) is 18.4. The van der Waals surface area contributed by atoms with Crippen LogP contribution in [-0.4, -0.2) is 30.8 Å². The van der Waals surface area contributed by atoms with Crippen LogP contribution in [0, 0.1) is 0 Å². The number of benzene rings is 1. The standard InChI is InChI=1S/C17H19NO4S2/c1-12(17(20)18-14-7-3-4-8-15(14)21-2)22-16(19)11-23-10-13-6-5-9-24-13/h3-9,12H,10-11H2,1-2H3,(H,18,20)/t12-/m0/s1. The molecule has 1 N–H and O–H groups in total. The Hall–Kier alpha value is -1.99. The zero-order valence-corrected chi connectivity index (χ0v) is 15.1. The van der Waals surface area contributed by atoms with E-state index in [1.165, 1.54) is 23.7 Å². The fourth-order valence-corrected chi connectivity index (χ4v) is 3.54. The molecule has 0 saturated carbocycles. The van der Waals surface area contributed by atoms with Crippen molar-refractivity contribution in [1.29, 1.82) is 0 Å². The van der Waals surface area contributed by atoms with E-state index in [1.54, 1.807) is 36.5 Å². The molecule has 1 aromatic heterocycles. The fourth-order valence-electron chi connectivity index (χ4n) is 1.90. The Balaban J connectivity index is 1.77. The van der Waals surface area contributed by atoms with Crippen molar-refractivity contribution < 1.29 is 19.1 Å². The zero-order chi connectivity index (χ0) is 17.4. The van der Waals surface area contributed by atoms with Gasteiger partial charge in [-0.15, -0.1) is 23.1 Å². The quantitative estimate of drug-likeness (QED) is 0.725. The zero-order valence-electron chi connectivity index (χ0n) is 13.5. The lowest BCUT2D eigenvalue weighted by Crippen LogP contribution is -2.30. The van der Waals surface area contributed by atoms with Crippen LogP contribution in [0.3, 0.4) is 0 Å².